The van der Waals surface area contributed by atoms with Crippen molar-refractivity contribution >= 4 is 5.97 Å². The molecule has 1 rings (SSSR count). The average Bonchev–Trinajstić information content (AvgIpc) is 2.22. The van der Waals surface area contributed by atoms with Gasteiger partial charge in [0, 0.05) is 6.54 Å². The number of hydrogen-bond acceptors (Lipinski definition) is 3. The molecule has 0 bridgehead atoms. The van der Waals surface area contributed by atoms with E-state index in [1.165, 1.54) is 0 Å². The molecule has 1 fully saturated rings. The number of esters is 1. The molecule has 0 aromatic carbocycles. The minimum absolute atomic E-state index is 0.123. The van der Waals surface area contributed by atoms with Crippen molar-refractivity contribution in [2.75, 3.05) is 6.54 Å². The number of hydrogen-bond donors (Lipinski definition) is 1. The fourth-order valence-corrected chi connectivity index (χ4v) is 1.98. The van der Waals surface area contributed by atoms with Gasteiger partial charge in [-0.15, -0.1) is 0 Å². The smallest absolute Gasteiger partial charge is 0.310 e. The fourth-order valence-electron chi connectivity index (χ4n) is 1.98. The summed E-state index contributed by atoms with van der Waals surface area (Å²) in [5, 5.41) is 0. The van der Waals surface area contributed by atoms with Crippen LogP contribution in [0.25, 0.3) is 0 Å². The van der Waals surface area contributed by atoms with Crippen LogP contribution in [0, 0.1) is 17.8 Å². The molecule has 15 heavy (non-hydrogen) atoms. The second-order valence-electron chi connectivity index (χ2n) is 4.96. The lowest BCUT2D eigenvalue weighted by Gasteiger charge is -2.32. The van der Waals surface area contributed by atoms with Gasteiger partial charge in [-0.1, -0.05) is 20.8 Å². The molecule has 0 spiro atoms. The van der Waals surface area contributed by atoms with Gasteiger partial charge in [-0.3, -0.25) is 4.79 Å². The van der Waals surface area contributed by atoms with Crippen LogP contribution in [0.3, 0.4) is 0 Å². The zero-order valence-electron chi connectivity index (χ0n) is 10.0. The summed E-state index contributed by atoms with van der Waals surface area (Å²) in [7, 11) is 0. The normalized spacial score (nSPS) is 33.5. The first kappa shape index (κ1) is 12.5. The maximum Gasteiger partial charge on any atom is 0.310 e. The van der Waals surface area contributed by atoms with Crippen LogP contribution in [0.15, 0.2) is 0 Å². The van der Waals surface area contributed by atoms with E-state index in [1.807, 2.05) is 6.92 Å². The van der Waals surface area contributed by atoms with E-state index in [0.717, 1.165) is 25.2 Å². The van der Waals surface area contributed by atoms with Crippen molar-refractivity contribution in [3.63, 3.8) is 0 Å². The molecule has 1 aliphatic carbocycles. The van der Waals surface area contributed by atoms with Crippen LogP contribution in [0.2, 0.25) is 0 Å². The molecule has 0 amide bonds. The highest BCUT2D eigenvalue weighted by Crippen LogP contribution is 2.31. The highest BCUT2D eigenvalue weighted by molar-refractivity contribution is 5.72. The largest absolute Gasteiger partial charge is 0.462 e. The fraction of sp³-hybridized carbons (Fsp3) is 0.917. The summed E-state index contributed by atoms with van der Waals surface area (Å²) in [6.07, 6.45) is 3.30. The van der Waals surface area contributed by atoms with Crippen LogP contribution in [0.4, 0.5) is 0 Å². The Labute approximate surface area is 92.4 Å². The van der Waals surface area contributed by atoms with Gasteiger partial charge in [-0.25, -0.2) is 0 Å². The molecule has 0 saturated heterocycles. The van der Waals surface area contributed by atoms with Crippen LogP contribution in [-0.4, -0.2) is 18.6 Å². The zero-order valence-corrected chi connectivity index (χ0v) is 10.0. The van der Waals surface area contributed by atoms with Crippen LogP contribution in [0.5, 0.6) is 0 Å². The molecule has 0 aromatic heterocycles. The Kier molecular flexibility index (Phi) is 4.58. The van der Waals surface area contributed by atoms with Crippen LogP contribution in [0.1, 0.15) is 40.0 Å². The van der Waals surface area contributed by atoms with E-state index in [0.29, 0.717) is 12.5 Å². The van der Waals surface area contributed by atoms with Gasteiger partial charge in [0.15, 0.2) is 0 Å². The first-order valence-electron chi connectivity index (χ1n) is 5.95. The maximum absolute atomic E-state index is 11.5. The Morgan fingerprint density at radius 3 is 2.60 bits per heavy atom. The van der Waals surface area contributed by atoms with Crippen molar-refractivity contribution in [3.05, 3.63) is 0 Å². The second kappa shape index (κ2) is 5.50. The minimum atomic E-state index is -0.167. The average molecular weight is 213 g/mol. The summed E-state index contributed by atoms with van der Waals surface area (Å²) < 4.78 is 5.44. The maximum atomic E-state index is 11.5. The molecule has 2 N–H and O–H groups in total. The van der Waals surface area contributed by atoms with Crippen molar-refractivity contribution in [1.82, 2.24) is 0 Å². The molecular formula is C12H23NO2. The molecule has 0 heterocycles. The van der Waals surface area contributed by atoms with Crippen molar-refractivity contribution in [1.29, 1.82) is 0 Å². The number of carbonyl (C=O) groups is 1. The molecule has 88 valence electrons. The van der Waals surface area contributed by atoms with Crippen LogP contribution >= 0.6 is 0 Å². The van der Waals surface area contributed by atoms with E-state index in [4.69, 9.17) is 10.5 Å². The Balaban J connectivity index is 2.36. The molecule has 0 aromatic rings. The molecule has 3 nitrogen and oxygen atoms in total. The van der Waals surface area contributed by atoms with Crippen molar-refractivity contribution < 1.29 is 9.53 Å². The first-order chi connectivity index (χ1) is 7.04. The lowest BCUT2D eigenvalue weighted by molar-refractivity contribution is -0.155. The molecular weight excluding hydrogens is 190 g/mol. The van der Waals surface area contributed by atoms with E-state index < -0.39 is 0 Å². The van der Waals surface area contributed by atoms with Crippen molar-refractivity contribution in [2.24, 2.45) is 23.5 Å². The van der Waals surface area contributed by atoms with Gasteiger partial charge >= 0.3 is 5.97 Å². The number of rotatable bonds is 3. The van der Waals surface area contributed by atoms with Crippen molar-refractivity contribution in [2.45, 2.75) is 46.1 Å². The third-order valence-electron chi connectivity index (χ3n) is 3.59. The highest BCUT2D eigenvalue weighted by atomic mass is 16.5. The van der Waals surface area contributed by atoms with Gasteiger partial charge in [-0.05, 0) is 31.1 Å². The van der Waals surface area contributed by atoms with E-state index in [1.54, 1.807) is 0 Å². The van der Waals surface area contributed by atoms with Crippen LogP contribution < -0.4 is 5.73 Å². The van der Waals surface area contributed by atoms with Gasteiger partial charge in [-0.2, -0.15) is 0 Å². The van der Waals surface area contributed by atoms with E-state index in [9.17, 15) is 4.79 Å². The quantitative estimate of drug-likeness (QED) is 0.729. The van der Waals surface area contributed by atoms with Gasteiger partial charge in [0.1, 0.15) is 6.10 Å². The first-order valence-corrected chi connectivity index (χ1v) is 5.95. The van der Waals surface area contributed by atoms with Crippen molar-refractivity contribution in [3.8, 4) is 0 Å². The van der Waals surface area contributed by atoms with Gasteiger partial charge in [0.25, 0.3) is 0 Å². The summed E-state index contributed by atoms with van der Waals surface area (Å²) >= 11 is 0. The number of ether oxygens (including phenoxy) is 1. The minimum Gasteiger partial charge on any atom is -0.462 e. The number of nitrogens with two attached hydrogens (primary N) is 1. The predicted molar refractivity (Wildman–Crippen MR) is 60.3 cm³/mol. The molecule has 0 radical (unpaired) electrons. The van der Waals surface area contributed by atoms with Gasteiger partial charge < -0.3 is 10.5 Å². The Morgan fingerprint density at radius 2 is 2.07 bits per heavy atom. The van der Waals surface area contributed by atoms with E-state index in [2.05, 4.69) is 13.8 Å². The van der Waals surface area contributed by atoms with E-state index >= 15 is 0 Å². The highest BCUT2D eigenvalue weighted by Gasteiger charge is 2.27. The summed E-state index contributed by atoms with van der Waals surface area (Å²) in [6, 6.07) is 0. The zero-order chi connectivity index (χ0) is 11.4. The Hall–Kier alpha value is -0.570. The summed E-state index contributed by atoms with van der Waals surface area (Å²) in [6.45, 7) is 6.69. The molecule has 3 heteroatoms. The lowest BCUT2D eigenvalue weighted by Crippen LogP contribution is -2.32. The number of carbonyl (C=O) groups excluding carboxylic acids is 1. The Morgan fingerprint density at radius 1 is 1.40 bits per heavy atom. The lowest BCUT2D eigenvalue weighted by atomic mass is 9.80. The van der Waals surface area contributed by atoms with E-state index in [-0.39, 0.29) is 18.0 Å². The third-order valence-corrected chi connectivity index (χ3v) is 3.59. The summed E-state index contributed by atoms with van der Waals surface area (Å²) in [4.78, 5) is 11.5. The molecule has 1 saturated carbocycles. The predicted octanol–water partition coefficient (Wildman–Crippen LogP) is 1.95. The van der Waals surface area contributed by atoms with Gasteiger partial charge in [0.05, 0.1) is 5.92 Å². The summed E-state index contributed by atoms with van der Waals surface area (Å²) in [5.74, 6) is 1.11. The third kappa shape index (κ3) is 3.49. The standard InChI is InChI=1S/C12H23NO2/c1-8-4-5-11(6-9(8)2)15-12(14)10(3)7-13/h8-11H,4-7,13H2,1-3H3. The molecule has 0 aliphatic heterocycles. The van der Waals surface area contributed by atoms with Gasteiger partial charge in [0.2, 0.25) is 0 Å². The monoisotopic (exact) mass is 213 g/mol. The van der Waals surface area contributed by atoms with Crippen LogP contribution in [-0.2, 0) is 9.53 Å². The Bertz CT molecular complexity index is 218. The SMILES string of the molecule is CC(CN)C(=O)OC1CCC(C)C(C)C1. The summed E-state index contributed by atoms with van der Waals surface area (Å²) in [5.41, 5.74) is 5.43. The molecule has 1 aliphatic rings. The second-order valence-corrected chi connectivity index (χ2v) is 4.96. The molecule has 4 unspecified atom stereocenters. The molecule has 4 atom stereocenters. The topological polar surface area (TPSA) is 52.3 Å².